The predicted octanol–water partition coefficient (Wildman–Crippen LogP) is 4.71. The smallest absolute Gasteiger partial charge is 0.124 e. The molecule has 0 amide bonds. The second-order valence-electron chi connectivity index (χ2n) is 6.05. The van der Waals surface area contributed by atoms with Crippen molar-refractivity contribution in [1.29, 1.82) is 0 Å². The van der Waals surface area contributed by atoms with E-state index < -0.39 is 0 Å². The molecular formula is C16H22BrNO. The molecule has 1 aromatic carbocycles. The fraction of sp³-hybridized carbons (Fsp3) is 0.625. The zero-order valence-electron chi connectivity index (χ0n) is 11.3. The van der Waals surface area contributed by atoms with Gasteiger partial charge in [0, 0.05) is 22.5 Å². The van der Waals surface area contributed by atoms with Gasteiger partial charge in [-0.05, 0) is 43.9 Å². The number of hydrogen-bond acceptors (Lipinski definition) is 2. The van der Waals surface area contributed by atoms with E-state index in [1.165, 1.54) is 32.1 Å². The van der Waals surface area contributed by atoms with E-state index >= 15 is 0 Å². The molecule has 1 aliphatic carbocycles. The zero-order chi connectivity index (χ0) is 13.3. The van der Waals surface area contributed by atoms with Crippen molar-refractivity contribution in [1.82, 2.24) is 0 Å². The van der Waals surface area contributed by atoms with E-state index in [4.69, 9.17) is 10.5 Å². The van der Waals surface area contributed by atoms with Crippen molar-refractivity contribution < 1.29 is 4.74 Å². The van der Waals surface area contributed by atoms with E-state index in [0.717, 1.165) is 35.0 Å². The van der Waals surface area contributed by atoms with Crippen LogP contribution in [0.4, 0.5) is 0 Å². The van der Waals surface area contributed by atoms with Crippen molar-refractivity contribution in [2.75, 3.05) is 0 Å². The zero-order valence-corrected chi connectivity index (χ0v) is 12.9. The van der Waals surface area contributed by atoms with E-state index in [2.05, 4.69) is 28.1 Å². The molecule has 3 rings (SSSR count). The van der Waals surface area contributed by atoms with Crippen LogP contribution in [0.1, 0.15) is 63.0 Å². The first-order valence-electron chi connectivity index (χ1n) is 7.43. The Labute approximate surface area is 123 Å². The molecule has 0 radical (unpaired) electrons. The largest absolute Gasteiger partial charge is 0.487 e. The lowest BCUT2D eigenvalue weighted by Crippen LogP contribution is -2.43. The highest BCUT2D eigenvalue weighted by Crippen LogP contribution is 2.44. The number of rotatable bonds is 0. The van der Waals surface area contributed by atoms with Crippen LogP contribution in [0, 0.1) is 0 Å². The quantitative estimate of drug-likeness (QED) is 0.750. The molecule has 1 fully saturated rings. The monoisotopic (exact) mass is 323 g/mol. The average molecular weight is 324 g/mol. The molecule has 1 atom stereocenters. The highest BCUT2D eigenvalue weighted by Gasteiger charge is 2.39. The van der Waals surface area contributed by atoms with Crippen LogP contribution in [-0.4, -0.2) is 5.60 Å². The molecular weight excluding hydrogens is 302 g/mol. The molecule has 0 saturated heterocycles. The van der Waals surface area contributed by atoms with E-state index in [-0.39, 0.29) is 11.6 Å². The molecule has 1 spiro atoms. The second kappa shape index (κ2) is 5.45. The molecule has 104 valence electrons. The standard InChI is InChI=1S/C16H22BrNO/c17-12-6-7-15-13(10-12)14(18)11-16(19-15)8-4-2-1-3-5-9-16/h6-7,10,14H,1-5,8-9,11,18H2/t14-/m0/s1. The van der Waals surface area contributed by atoms with Crippen LogP contribution in [-0.2, 0) is 0 Å². The predicted molar refractivity (Wildman–Crippen MR) is 81.4 cm³/mol. The minimum Gasteiger partial charge on any atom is -0.487 e. The summed E-state index contributed by atoms with van der Waals surface area (Å²) in [5.41, 5.74) is 7.57. The minimum absolute atomic E-state index is 0.000661. The summed E-state index contributed by atoms with van der Waals surface area (Å²) in [7, 11) is 0. The second-order valence-corrected chi connectivity index (χ2v) is 6.96. The van der Waals surface area contributed by atoms with Gasteiger partial charge in [-0.15, -0.1) is 0 Å². The maximum atomic E-state index is 6.42. The van der Waals surface area contributed by atoms with Gasteiger partial charge in [-0.2, -0.15) is 0 Å². The molecule has 0 unspecified atom stereocenters. The summed E-state index contributed by atoms with van der Waals surface area (Å²) in [4.78, 5) is 0. The Kier molecular flexibility index (Phi) is 3.86. The molecule has 1 heterocycles. The summed E-state index contributed by atoms with van der Waals surface area (Å²) in [6.45, 7) is 0. The highest BCUT2D eigenvalue weighted by atomic mass is 79.9. The third kappa shape index (κ3) is 2.82. The number of fused-ring (bicyclic) bond motifs is 1. The number of benzene rings is 1. The van der Waals surface area contributed by atoms with Crippen molar-refractivity contribution in [2.45, 2.75) is 63.0 Å². The summed E-state index contributed by atoms with van der Waals surface area (Å²) in [6.07, 6.45) is 9.91. The van der Waals surface area contributed by atoms with Gasteiger partial charge < -0.3 is 10.5 Å². The van der Waals surface area contributed by atoms with E-state index in [1.807, 2.05) is 6.07 Å². The van der Waals surface area contributed by atoms with Gasteiger partial charge in [0.2, 0.25) is 0 Å². The van der Waals surface area contributed by atoms with Crippen molar-refractivity contribution in [2.24, 2.45) is 5.73 Å². The fourth-order valence-corrected chi connectivity index (χ4v) is 3.92. The number of ether oxygens (including phenoxy) is 1. The third-order valence-corrected chi connectivity index (χ3v) is 5.05. The van der Waals surface area contributed by atoms with E-state index in [0.29, 0.717) is 0 Å². The Morgan fingerprint density at radius 1 is 1.11 bits per heavy atom. The maximum absolute atomic E-state index is 6.42. The van der Waals surface area contributed by atoms with E-state index in [9.17, 15) is 0 Å². The SMILES string of the molecule is N[C@H]1CC2(CCCCCCC2)Oc2ccc(Br)cc21. The van der Waals surface area contributed by atoms with Crippen LogP contribution in [0.2, 0.25) is 0 Å². The number of hydrogen-bond donors (Lipinski definition) is 1. The molecule has 1 aliphatic heterocycles. The minimum atomic E-state index is 0.000661. The van der Waals surface area contributed by atoms with Crippen molar-refractivity contribution in [3.63, 3.8) is 0 Å². The van der Waals surface area contributed by atoms with Crippen LogP contribution in [0.5, 0.6) is 5.75 Å². The van der Waals surface area contributed by atoms with Crippen LogP contribution >= 0.6 is 15.9 Å². The Morgan fingerprint density at radius 2 is 1.79 bits per heavy atom. The van der Waals surface area contributed by atoms with Gasteiger partial charge in [-0.3, -0.25) is 0 Å². The normalized spacial score (nSPS) is 26.1. The van der Waals surface area contributed by atoms with Gasteiger partial charge in [-0.25, -0.2) is 0 Å². The van der Waals surface area contributed by atoms with Crippen LogP contribution in [0.15, 0.2) is 22.7 Å². The molecule has 3 heteroatoms. The topological polar surface area (TPSA) is 35.2 Å². The Hall–Kier alpha value is -0.540. The lowest BCUT2D eigenvalue weighted by atomic mass is 9.79. The molecule has 0 bridgehead atoms. The molecule has 2 nitrogen and oxygen atoms in total. The highest BCUT2D eigenvalue weighted by molar-refractivity contribution is 9.10. The van der Waals surface area contributed by atoms with Crippen molar-refractivity contribution in [3.8, 4) is 5.75 Å². The van der Waals surface area contributed by atoms with Crippen molar-refractivity contribution in [3.05, 3.63) is 28.2 Å². The van der Waals surface area contributed by atoms with E-state index in [1.54, 1.807) is 0 Å². The van der Waals surface area contributed by atoms with Gasteiger partial charge in [-0.1, -0.05) is 35.2 Å². The Bertz CT molecular complexity index is 452. The summed E-state index contributed by atoms with van der Waals surface area (Å²) >= 11 is 3.52. The lowest BCUT2D eigenvalue weighted by molar-refractivity contribution is 0.0112. The summed E-state index contributed by atoms with van der Waals surface area (Å²) < 4.78 is 7.50. The van der Waals surface area contributed by atoms with Crippen LogP contribution < -0.4 is 10.5 Å². The maximum Gasteiger partial charge on any atom is 0.124 e. The van der Waals surface area contributed by atoms with Gasteiger partial charge in [0.15, 0.2) is 0 Å². The number of halogens is 1. The third-order valence-electron chi connectivity index (χ3n) is 4.55. The Balaban J connectivity index is 1.88. The lowest BCUT2D eigenvalue weighted by Gasteiger charge is -2.42. The molecule has 19 heavy (non-hydrogen) atoms. The van der Waals surface area contributed by atoms with Gasteiger partial charge >= 0.3 is 0 Å². The van der Waals surface area contributed by atoms with Crippen molar-refractivity contribution >= 4 is 15.9 Å². The average Bonchev–Trinajstić information content (AvgIpc) is 2.36. The molecule has 2 aliphatic rings. The van der Waals surface area contributed by atoms with Gasteiger partial charge in [0.05, 0.1) is 0 Å². The molecule has 1 saturated carbocycles. The first kappa shape index (κ1) is 13.4. The first-order valence-corrected chi connectivity index (χ1v) is 8.22. The summed E-state index contributed by atoms with van der Waals surface area (Å²) in [5.74, 6) is 1.00. The molecule has 0 aromatic heterocycles. The molecule has 2 N–H and O–H groups in total. The van der Waals surface area contributed by atoms with Gasteiger partial charge in [0.25, 0.3) is 0 Å². The molecule has 1 aromatic rings. The van der Waals surface area contributed by atoms with Gasteiger partial charge in [0.1, 0.15) is 11.4 Å². The number of nitrogens with two attached hydrogens (primary N) is 1. The Morgan fingerprint density at radius 3 is 2.53 bits per heavy atom. The first-order chi connectivity index (χ1) is 9.19. The summed E-state index contributed by atoms with van der Waals surface area (Å²) in [5, 5.41) is 0. The fourth-order valence-electron chi connectivity index (χ4n) is 3.54. The summed E-state index contributed by atoms with van der Waals surface area (Å²) in [6, 6.07) is 6.34. The van der Waals surface area contributed by atoms with Crippen LogP contribution in [0.25, 0.3) is 0 Å². The van der Waals surface area contributed by atoms with Crippen LogP contribution in [0.3, 0.4) is 0 Å².